The molecule has 3 rings (SSSR count). The number of benzene rings is 1. The van der Waals surface area contributed by atoms with E-state index >= 15 is 0 Å². The van der Waals surface area contributed by atoms with Gasteiger partial charge in [0.15, 0.2) is 0 Å². The number of nitrogens with one attached hydrogen (secondary N) is 1. The second-order valence-electron chi connectivity index (χ2n) is 6.85. The van der Waals surface area contributed by atoms with E-state index < -0.39 is 0 Å². The van der Waals surface area contributed by atoms with Crippen LogP contribution in [0.2, 0.25) is 0 Å². The molecule has 150 valence electrons. The Morgan fingerprint density at radius 1 is 1.29 bits per heavy atom. The van der Waals surface area contributed by atoms with Gasteiger partial charge in [0.05, 0.1) is 25.3 Å². The van der Waals surface area contributed by atoms with Gasteiger partial charge in [-0.2, -0.15) is 0 Å². The van der Waals surface area contributed by atoms with Gasteiger partial charge in [-0.05, 0) is 42.0 Å². The van der Waals surface area contributed by atoms with Crippen molar-refractivity contribution in [2.45, 2.75) is 32.0 Å². The van der Waals surface area contributed by atoms with Crippen molar-refractivity contribution in [3.63, 3.8) is 0 Å². The van der Waals surface area contributed by atoms with Crippen LogP contribution in [0.4, 0.5) is 0 Å². The number of esters is 1. The number of amides is 1. The minimum absolute atomic E-state index is 0.0217. The highest BCUT2D eigenvalue weighted by Gasteiger charge is 2.21. The van der Waals surface area contributed by atoms with Crippen LogP contribution in [0.5, 0.6) is 0 Å². The maximum absolute atomic E-state index is 12.5. The first-order valence-corrected chi connectivity index (χ1v) is 10.3. The number of hydrogen-bond donors (Lipinski definition) is 1. The van der Waals surface area contributed by atoms with E-state index in [4.69, 9.17) is 9.47 Å². The van der Waals surface area contributed by atoms with E-state index in [0.29, 0.717) is 18.7 Å². The van der Waals surface area contributed by atoms with Gasteiger partial charge in [0.2, 0.25) is 5.91 Å². The Balaban J connectivity index is 1.51. The first-order valence-electron chi connectivity index (χ1n) is 9.44. The first-order chi connectivity index (χ1) is 13.6. The molecule has 0 unspecified atom stereocenters. The summed E-state index contributed by atoms with van der Waals surface area (Å²) in [5.74, 6) is -0.388. The van der Waals surface area contributed by atoms with Crippen molar-refractivity contribution in [3.05, 3.63) is 57.8 Å². The normalized spacial score (nSPS) is 16.3. The molecular formula is C21H26N2O4S. The number of rotatable bonds is 9. The summed E-state index contributed by atoms with van der Waals surface area (Å²) in [5.41, 5.74) is 1.43. The number of carbonyl (C=O) groups is 2. The van der Waals surface area contributed by atoms with E-state index in [-0.39, 0.29) is 18.0 Å². The zero-order valence-corrected chi connectivity index (χ0v) is 16.9. The Morgan fingerprint density at radius 2 is 2.11 bits per heavy atom. The highest BCUT2D eigenvalue weighted by Crippen LogP contribution is 2.17. The lowest BCUT2D eigenvalue weighted by Crippen LogP contribution is -2.40. The number of thiophene rings is 1. The predicted octanol–water partition coefficient (Wildman–Crippen LogP) is 2.83. The first kappa shape index (κ1) is 20.5. The van der Waals surface area contributed by atoms with Gasteiger partial charge in [0.25, 0.3) is 0 Å². The lowest BCUT2D eigenvalue weighted by molar-refractivity contribution is -0.122. The number of hydrogen-bond acceptors (Lipinski definition) is 6. The maximum Gasteiger partial charge on any atom is 0.337 e. The van der Waals surface area contributed by atoms with Gasteiger partial charge < -0.3 is 14.8 Å². The Morgan fingerprint density at radius 3 is 2.75 bits per heavy atom. The van der Waals surface area contributed by atoms with Crippen molar-refractivity contribution in [1.82, 2.24) is 10.2 Å². The largest absolute Gasteiger partial charge is 0.465 e. The monoisotopic (exact) mass is 402 g/mol. The van der Waals surface area contributed by atoms with E-state index in [0.717, 1.165) is 38.1 Å². The zero-order valence-electron chi connectivity index (χ0n) is 16.1. The Bertz CT molecular complexity index is 755. The van der Waals surface area contributed by atoms with E-state index in [9.17, 15) is 9.59 Å². The van der Waals surface area contributed by atoms with Crippen LogP contribution >= 0.6 is 11.3 Å². The van der Waals surface area contributed by atoms with Crippen molar-refractivity contribution < 1.29 is 19.1 Å². The maximum atomic E-state index is 12.5. The molecule has 2 heterocycles. The topological polar surface area (TPSA) is 67.9 Å². The molecule has 1 fully saturated rings. The lowest BCUT2D eigenvalue weighted by atomic mass is 10.1. The summed E-state index contributed by atoms with van der Waals surface area (Å²) in [7, 11) is 1.36. The van der Waals surface area contributed by atoms with Crippen molar-refractivity contribution >= 4 is 23.2 Å². The highest BCUT2D eigenvalue weighted by molar-refractivity contribution is 7.09. The smallest absolute Gasteiger partial charge is 0.337 e. The summed E-state index contributed by atoms with van der Waals surface area (Å²) in [6, 6.07) is 11.2. The highest BCUT2D eigenvalue weighted by atomic mass is 32.1. The third-order valence-electron chi connectivity index (χ3n) is 4.68. The number of methoxy groups -OCH3 is 1. The van der Waals surface area contributed by atoms with Crippen molar-refractivity contribution in [1.29, 1.82) is 0 Å². The molecule has 1 N–H and O–H groups in total. The standard InChI is InChI=1S/C21H26N2O4S/c1-26-21(25)17-8-6-16(7-9-17)12-22-20(24)15-23(13-18-4-2-10-27-18)14-19-5-3-11-28-19/h3,5-9,11,18H,2,4,10,12-15H2,1H3,(H,22,24)/t18-/m0/s1. The molecule has 0 aliphatic carbocycles. The van der Waals surface area contributed by atoms with Crippen molar-refractivity contribution in [2.24, 2.45) is 0 Å². The fourth-order valence-corrected chi connectivity index (χ4v) is 3.97. The SMILES string of the molecule is COC(=O)c1ccc(CNC(=O)CN(Cc2cccs2)C[C@@H]2CCCO2)cc1. The Hall–Kier alpha value is -2.22. The van der Waals surface area contributed by atoms with E-state index in [1.807, 2.05) is 18.2 Å². The molecule has 1 amide bonds. The van der Waals surface area contributed by atoms with Crippen LogP contribution in [0, 0.1) is 0 Å². The van der Waals surface area contributed by atoms with Crippen molar-refractivity contribution in [2.75, 3.05) is 26.8 Å². The molecule has 1 saturated heterocycles. The lowest BCUT2D eigenvalue weighted by Gasteiger charge is -2.24. The van der Waals surface area contributed by atoms with Gasteiger partial charge in [0.1, 0.15) is 0 Å². The van der Waals surface area contributed by atoms with Crippen LogP contribution in [-0.4, -0.2) is 49.7 Å². The van der Waals surface area contributed by atoms with E-state index in [2.05, 4.69) is 21.7 Å². The molecule has 6 nitrogen and oxygen atoms in total. The summed E-state index contributed by atoms with van der Waals surface area (Å²) in [6.45, 7) is 3.08. The zero-order chi connectivity index (χ0) is 19.8. The number of carbonyl (C=O) groups excluding carboxylic acids is 2. The molecule has 0 bridgehead atoms. The second-order valence-corrected chi connectivity index (χ2v) is 7.88. The molecule has 1 aromatic heterocycles. The van der Waals surface area contributed by atoms with Gasteiger partial charge in [0, 0.05) is 31.1 Å². The van der Waals surface area contributed by atoms with Gasteiger partial charge in [-0.25, -0.2) is 4.79 Å². The third kappa shape index (κ3) is 6.15. The minimum atomic E-state index is -0.367. The van der Waals surface area contributed by atoms with Gasteiger partial charge in [-0.15, -0.1) is 11.3 Å². The van der Waals surface area contributed by atoms with Crippen LogP contribution in [0.25, 0.3) is 0 Å². The number of nitrogens with zero attached hydrogens (tertiary/aromatic N) is 1. The summed E-state index contributed by atoms with van der Waals surface area (Å²) < 4.78 is 10.4. The molecule has 1 aliphatic heterocycles. The molecule has 0 spiro atoms. The molecule has 7 heteroatoms. The molecule has 0 radical (unpaired) electrons. The van der Waals surface area contributed by atoms with Crippen LogP contribution in [0.3, 0.4) is 0 Å². The quantitative estimate of drug-likeness (QED) is 0.654. The van der Waals surface area contributed by atoms with Crippen molar-refractivity contribution in [3.8, 4) is 0 Å². The fourth-order valence-electron chi connectivity index (χ4n) is 3.22. The summed E-state index contributed by atoms with van der Waals surface area (Å²) in [5, 5.41) is 5.02. The van der Waals surface area contributed by atoms with Crippen LogP contribution < -0.4 is 5.32 Å². The molecule has 1 aromatic carbocycles. The molecule has 0 saturated carbocycles. The van der Waals surface area contributed by atoms with Gasteiger partial charge in [-0.3, -0.25) is 9.69 Å². The summed E-state index contributed by atoms with van der Waals surface area (Å²) >= 11 is 1.70. The molecule has 1 aliphatic rings. The minimum Gasteiger partial charge on any atom is -0.465 e. The molecular weight excluding hydrogens is 376 g/mol. The second kappa shape index (κ2) is 10.4. The van der Waals surface area contributed by atoms with E-state index in [1.54, 1.807) is 23.5 Å². The molecule has 2 aromatic rings. The summed E-state index contributed by atoms with van der Waals surface area (Å²) in [4.78, 5) is 27.4. The van der Waals surface area contributed by atoms with Crippen LogP contribution in [0.15, 0.2) is 41.8 Å². The predicted molar refractivity (Wildman–Crippen MR) is 108 cm³/mol. The van der Waals surface area contributed by atoms with Gasteiger partial charge in [-0.1, -0.05) is 18.2 Å². The summed E-state index contributed by atoms with van der Waals surface area (Å²) in [6.07, 6.45) is 2.35. The average molecular weight is 403 g/mol. The Kier molecular flexibility index (Phi) is 7.59. The van der Waals surface area contributed by atoms with Gasteiger partial charge >= 0.3 is 5.97 Å². The van der Waals surface area contributed by atoms with Crippen LogP contribution in [-0.2, 0) is 27.4 Å². The average Bonchev–Trinajstić information content (AvgIpc) is 3.40. The molecule has 1 atom stereocenters. The van der Waals surface area contributed by atoms with Crippen LogP contribution in [0.1, 0.15) is 33.6 Å². The third-order valence-corrected chi connectivity index (χ3v) is 5.54. The van der Waals surface area contributed by atoms with E-state index in [1.165, 1.54) is 12.0 Å². The molecule has 28 heavy (non-hydrogen) atoms. The Labute approximate surface area is 169 Å². The number of ether oxygens (including phenoxy) is 2. The fraction of sp³-hybridized carbons (Fsp3) is 0.429.